The normalized spacial score (nSPS) is 17.6. The van der Waals surface area contributed by atoms with Gasteiger partial charge in [0.15, 0.2) is 0 Å². The van der Waals surface area contributed by atoms with Crippen molar-refractivity contribution < 1.29 is 0 Å². The molecule has 0 aromatic carbocycles. The zero-order chi connectivity index (χ0) is 8.27. The summed E-state index contributed by atoms with van der Waals surface area (Å²) in [7, 11) is 0. The van der Waals surface area contributed by atoms with Crippen molar-refractivity contribution in [3.63, 3.8) is 0 Å². The van der Waals surface area contributed by atoms with Crippen molar-refractivity contribution in [2.24, 2.45) is 5.73 Å². The highest BCUT2D eigenvalue weighted by Gasteiger charge is 2.13. The first-order chi connectivity index (χ1) is 5.20. The molecule has 0 aromatic rings. The molecule has 1 rings (SSSR count). The molecule has 0 amide bonds. The van der Waals surface area contributed by atoms with E-state index in [1.54, 1.807) is 0 Å². The summed E-state index contributed by atoms with van der Waals surface area (Å²) in [4.78, 5) is 2.18. The number of allylic oxidation sites excluding steroid dienone is 3. The third-order valence-corrected chi connectivity index (χ3v) is 1.81. The molecule has 0 bridgehead atoms. The number of likely N-dealkylation sites (tertiary alicyclic amines) is 1. The van der Waals surface area contributed by atoms with Gasteiger partial charge in [0.1, 0.15) is 0 Å². The molecule has 11 heavy (non-hydrogen) atoms. The van der Waals surface area contributed by atoms with E-state index in [0.29, 0.717) is 0 Å². The van der Waals surface area contributed by atoms with Crippen LogP contribution < -0.4 is 5.73 Å². The summed E-state index contributed by atoms with van der Waals surface area (Å²) in [6, 6.07) is 0. The number of nitrogens with two attached hydrogens (primary N) is 1. The lowest BCUT2D eigenvalue weighted by Crippen LogP contribution is -2.39. The average molecular weight is 152 g/mol. The van der Waals surface area contributed by atoms with Gasteiger partial charge in [-0.1, -0.05) is 11.6 Å². The maximum atomic E-state index is 5.77. The predicted molar refractivity (Wildman–Crippen MR) is 47.9 cm³/mol. The lowest BCUT2D eigenvalue weighted by atomic mass is 10.2. The molecule has 1 aliphatic rings. The third-order valence-electron chi connectivity index (χ3n) is 1.81. The highest BCUT2D eigenvalue weighted by Crippen LogP contribution is 2.10. The number of hydrogen-bond acceptors (Lipinski definition) is 2. The van der Waals surface area contributed by atoms with E-state index in [4.69, 9.17) is 5.73 Å². The smallest absolute Gasteiger partial charge is 0.0986 e. The van der Waals surface area contributed by atoms with Crippen molar-refractivity contribution >= 4 is 0 Å². The highest BCUT2D eigenvalue weighted by molar-refractivity contribution is 5.13. The first kappa shape index (κ1) is 8.18. The van der Waals surface area contributed by atoms with Gasteiger partial charge in [0, 0.05) is 13.1 Å². The minimum Gasteiger partial charge on any atom is -0.385 e. The summed E-state index contributed by atoms with van der Waals surface area (Å²) in [6.45, 7) is 6.39. The zero-order valence-electron chi connectivity index (χ0n) is 7.30. The molecule has 1 fully saturated rings. The van der Waals surface area contributed by atoms with E-state index in [0.717, 1.165) is 18.9 Å². The average Bonchev–Trinajstić information content (AvgIpc) is 1.79. The monoisotopic (exact) mass is 152 g/mol. The van der Waals surface area contributed by atoms with E-state index in [1.165, 1.54) is 12.0 Å². The maximum absolute atomic E-state index is 5.77. The Morgan fingerprint density at radius 2 is 1.91 bits per heavy atom. The van der Waals surface area contributed by atoms with Crippen LogP contribution in [0.25, 0.3) is 0 Å². The molecule has 1 saturated heterocycles. The molecule has 1 heterocycles. The van der Waals surface area contributed by atoms with Crippen LogP contribution in [-0.2, 0) is 0 Å². The minimum absolute atomic E-state index is 0.900. The van der Waals surface area contributed by atoms with E-state index in [2.05, 4.69) is 18.7 Å². The minimum atomic E-state index is 0.900. The molecule has 0 radical (unpaired) electrons. The Labute approximate surface area is 68.4 Å². The molecule has 0 saturated carbocycles. The molecule has 1 aliphatic heterocycles. The van der Waals surface area contributed by atoms with Gasteiger partial charge in [0.2, 0.25) is 0 Å². The van der Waals surface area contributed by atoms with E-state index in [9.17, 15) is 0 Å². The molecule has 2 nitrogen and oxygen atoms in total. The highest BCUT2D eigenvalue weighted by atomic mass is 15.2. The first-order valence-electron chi connectivity index (χ1n) is 4.06. The second-order valence-corrected chi connectivity index (χ2v) is 3.18. The van der Waals surface area contributed by atoms with Crippen molar-refractivity contribution in [2.75, 3.05) is 13.1 Å². The Morgan fingerprint density at radius 1 is 1.27 bits per heavy atom. The van der Waals surface area contributed by atoms with Gasteiger partial charge in [-0.25, -0.2) is 0 Å². The van der Waals surface area contributed by atoms with Crippen LogP contribution in [0, 0.1) is 0 Å². The second kappa shape index (κ2) is 3.46. The molecule has 0 atom stereocenters. The van der Waals surface area contributed by atoms with Gasteiger partial charge in [-0.2, -0.15) is 0 Å². The Kier molecular flexibility index (Phi) is 2.58. The summed E-state index contributed by atoms with van der Waals surface area (Å²) in [6.07, 6.45) is 5.31. The Balaban J connectivity index is 2.44. The SMILES string of the molecule is CC(C)=C/C=C(\N)N1CCC1. The number of rotatable bonds is 2. The lowest BCUT2D eigenvalue weighted by Gasteiger charge is -2.32. The fourth-order valence-corrected chi connectivity index (χ4v) is 0.932. The molecule has 2 N–H and O–H groups in total. The molecule has 0 aliphatic carbocycles. The van der Waals surface area contributed by atoms with Crippen LogP contribution in [0.15, 0.2) is 23.5 Å². The standard InChI is InChI=1S/C9H16N2/c1-8(2)4-5-9(10)11-6-3-7-11/h4-5H,3,6-7,10H2,1-2H3/b9-5+. The van der Waals surface area contributed by atoms with E-state index in [-0.39, 0.29) is 0 Å². The summed E-state index contributed by atoms with van der Waals surface area (Å²) in [5.74, 6) is 0.900. The largest absolute Gasteiger partial charge is 0.385 e. The fourth-order valence-electron chi connectivity index (χ4n) is 0.932. The molecule has 62 valence electrons. The molecule has 0 spiro atoms. The van der Waals surface area contributed by atoms with Crippen LogP contribution in [0.3, 0.4) is 0 Å². The zero-order valence-corrected chi connectivity index (χ0v) is 7.30. The van der Waals surface area contributed by atoms with Crippen molar-refractivity contribution in [3.05, 3.63) is 23.5 Å². The van der Waals surface area contributed by atoms with E-state index in [1.807, 2.05) is 12.2 Å². The van der Waals surface area contributed by atoms with Gasteiger partial charge >= 0.3 is 0 Å². The maximum Gasteiger partial charge on any atom is 0.0986 e. The van der Waals surface area contributed by atoms with Crippen LogP contribution in [0.2, 0.25) is 0 Å². The summed E-state index contributed by atoms with van der Waals surface area (Å²) < 4.78 is 0. The Morgan fingerprint density at radius 3 is 2.27 bits per heavy atom. The summed E-state index contributed by atoms with van der Waals surface area (Å²) in [5, 5.41) is 0. The summed E-state index contributed by atoms with van der Waals surface area (Å²) >= 11 is 0. The summed E-state index contributed by atoms with van der Waals surface area (Å²) in [5.41, 5.74) is 7.06. The van der Waals surface area contributed by atoms with E-state index >= 15 is 0 Å². The van der Waals surface area contributed by atoms with Crippen LogP contribution in [0.5, 0.6) is 0 Å². The first-order valence-corrected chi connectivity index (χ1v) is 4.06. The number of hydrogen-bond donors (Lipinski definition) is 1. The predicted octanol–water partition coefficient (Wildman–Crippen LogP) is 1.46. The van der Waals surface area contributed by atoms with Crippen LogP contribution >= 0.6 is 0 Å². The van der Waals surface area contributed by atoms with E-state index < -0.39 is 0 Å². The lowest BCUT2D eigenvalue weighted by molar-refractivity contribution is 0.236. The van der Waals surface area contributed by atoms with Crippen LogP contribution in [0.4, 0.5) is 0 Å². The van der Waals surface area contributed by atoms with Gasteiger partial charge in [-0.3, -0.25) is 0 Å². The fraction of sp³-hybridized carbons (Fsp3) is 0.556. The topological polar surface area (TPSA) is 29.3 Å². The van der Waals surface area contributed by atoms with Crippen LogP contribution in [0.1, 0.15) is 20.3 Å². The quantitative estimate of drug-likeness (QED) is 0.607. The Hall–Kier alpha value is -0.920. The van der Waals surface area contributed by atoms with Crippen molar-refractivity contribution in [3.8, 4) is 0 Å². The number of nitrogens with zero attached hydrogens (tertiary/aromatic N) is 1. The van der Waals surface area contributed by atoms with Crippen molar-refractivity contribution in [1.82, 2.24) is 4.90 Å². The van der Waals surface area contributed by atoms with Gasteiger partial charge in [0.25, 0.3) is 0 Å². The van der Waals surface area contributed by atoms with Crippen molar-refractivity contribution in [1.29, 1.82) is 0 Å². The molecule has 0 aromatic heterocycles. The molecular weight excluding hydrogens is 136 g/mol. The van der Waals surface area contributed by atoms with Gasteiger partial charge in [-0.15, -0.1) is 0 Å². The second-order valence-electron chi connectivity index (χ2n) is 3.18. The Bertz CT molecular complexity index is 184. The molecule has 2 heteroatoms. The van der Waals surface area contributed by atoms with Gasteiger partial charge in [0.05, 0.1) is 5.82 Å². The van der Waals surface area contributed by atoms with Crippen molar-refractivity contribution in [2.45, 2.75) is 20.3 Å². The van der Waals surface area contributed by atoms with Gasteiger partial charge in [-0.05, 0) is 26.3 Å². The van der Waals surface area contributed by atoms with Crippen LogP contribution in [-0.4, -0.2) is 18.0 Å². The molecule has 0 unspecified atom stereocenters. The third kappa shape index (κ3) is 2.30. The molecular formula is C9H16N2. The van der Waals surface area contributed by atoms with Gasteiger partial charge < -0.3 is 10.6 Å².